The van der Waals surface area contributed by atoms with Gasteiger partial charge in [-0.2, -0.15) is 0 Å². The van der Waals surface area contributed by atoms with Gasteiger partial charge in [0, 0.05) is 31.1 Å². The molecule has 1 atom stereocenters. The molecule has 0 amide bonds. The van der Waals surface area contributed by atoms with Crippen molar-refractivity contribution in [2.75, 3.05) is 13.2 Å². The predicted octanol–water partition coefficient (Wildman–Crippen LogP) is 3.39. The van der Waals surface area contributed by atoms with E-state index in [0.29, 0.717) is 16.7 Å². The summed E-state index contributed by atoms with van der Waals surface area (Å²) in [4.78, 5) is 28.6. The van der Waals surface area contributed by atoms with E-state index in [1.165, 1.54) is 6.92 Å². The van der Waals surface area contributed by atoms with Gasteiger partial charge in [0.25, 0.3) is 0 Å². The molecule has 7 nitrogen and oxygen atoms in total. The summed E-state index contributed by atoms with van der Waals surface area (Å²) in [6.45, 7) is 5.89. The molecule has 2 rings (SSSR count). The van der Waals surface area contributed by atoms with E-state index in [0.717, 1.165) is 5.56 Å². The van der Waals surface area contributed by atoms with Crippen LogP contribution in [0.25, 0.3) is 0 Å². The highest BCUT2D eigenvalue weighted by Crippen LogP contribution is 2.33. The molecule has 1 aromatic rings. The topological polar surface area (TPSA) is 100.0 Å². The highest BCUT2D eigenvalue weighted by atomic mass is 127. The van der Waals surface area contributed by atoms with Crippen LogP contribution < -0.4 is 0 Å². The van der Waals surface area contributed by atoms with Crippen LogP contribution in [-0.2, 0) is 20.7 Å². The number of ether oxygens (including phenoxy) is 1. The Balaban J connectivity index is 2.34. The number of halogens is 2. The van der Waals surface area contributed by atoms with E-state index in [2.05, 4.69) is 27.6 Å². The van der Waals surface area contributed by atoms with Gasteiger partial charge in [-0.3, -0.25) is 4.79 Å². The van der Waals surface area contributed by atoms with Crippen molar-refractivity contribution in [3.05, 3.63) is 44.4 Å². The minimum absolute atomic E-state index is 0.0378. The van der Waals surface area contributed by atoms with Crippen LogP contribution in [0.2, 0.25) is 5.15 Å². The van der Waals surface area contributed by atoms with Crippen LogP contribution >= 0.6 is 34.2 Å². The van der Waals surface area contributed by atoms with E-state index in [-0.39, 0.29) is 35.1 Å². The molecule has 0 bridgehead atoms. The second-order valence-electron chi connectivity index (χ2n) is 7.21. The zero-order chi connectivity index (χ0) is 21.1. The lowest BCUT2D eigenvalue weighted by molar-refractivity contribution is -0.145. The van der Waals surface area contributed by atoms with Gasteiger partial charge in [-0.15, -0.1) is 0 Å². The summed E-state index contributed by atoms with van der Waals surface area (Å²) < 4.78 is 5.92. The largest absolute Gasteiger partial charge is 0.505 e. The van der Waals surface area contributed by atoms with E-state index in [4.69, 9.17) is 21.4 Å². The first kappa shape index (κ1) is 22.5. The first-order valence-corrected chi connectivity index (χ1v) is 10.0. The van der Waals surface area contributed by atoms with Crippen molar-refractivity contribution in [1.29, 1.82) is 0 Å². The Morgan fingerprint density at radius 1 is 1.46 bits per heavy atom. The maximum absolute atomic E-state index is 11.3. The molecule has 1 aliphatic rings. The molecule has 1 aliphatic heterocycles. The summed E-state index contributed by atoms with van der Waals surface area (Å²) >= 11 is 7.94. The van der Waals surface area contributed by atoms with Gasteiger partial charge in [-0.1, -0.05) is 31.5 Å². The van der Waals surface area contributed by atoms with Gasteiger partial charge in [0.05, 0.1) is 12.2 Å². The molecular weight excluding hydrogens is 499 g/mol. The molecule has 0 aliphatic carbocycles. The van der Waals surface area contributed by atoms with Gasteiger partial charge >= 0.3 is 11.9 Å². The fraction of sp³-hybridized carbons (Fsp3) is 0.421. The molecule has 0 saturated carbocycles. The maximum Gasteiger partial charge on any atom is 0.335 e. The van der Waals surface area contributed by atoms with Crippen molar-refractivity contribution in [2.24, 2.45) is 5.41 Å². The highest BCUT2D eigenvalue weighted by Gasteiger charge is 2.35. The van der Waals surface area contributed by atoms with Crippen LogP contribution in [0.1, 0.15) is 26.3 Å². The van der Waals surface area contributed by atoms with Crippen LogP contribution in [0.15, 0.2) is 30.0 Å². The third-order valence-corrected chi connectivity index (χ3v) is 5.77. The van der Waals surface area contributed by atoms with Gasteiger partial charge in [-0.25, -0.2) is 9.78 Å². The molecule has 0 spiro atoms. The number of carbonyl (C=O) groups is 2. The Morgan fingerprint density at radius 3 is 2.68 bits per heavy atom. The molecule has 1 aromatic heterocycles. The van der Waals surface area contributed by atoms with E-state index >= 15 is 0 Å². The number of aromatic nitrogens is 1. The summed E-state index contributed by atoms with van der Waals surface area (Å²) in [5.74, 6) is -1.45. The molecule has 1 unspecified atom stereocenters. The summed E-state index contributed by atoms with van der Waals surface area (Å²) in [7, 11) is 0. The normalized spacial score (nSPS) is 15.2. The SMILES string of the molecule is CC(=O)OCC(C)(C)C(Cc1cc(O)c(Cl)nc1I)N1C=CC(C(=O)O)=CC1. The van der Waals surface area contributed by atoms with Crippen LogP contribution in [0, 0.1) is 9.12 Å². The third kappa shape index (κ3) is 5.60. The Kier molecular flexibility index (Phi) is 7.33. The van der Waals surface area contributed by atoms with Crippen LogP contribution in [-0.4, -0.2) is 51.2 Å². The molecule has 9 heteroatoms. The second kappa shape index (κ2) is 9.13. The van der Waals surface area contributed by atoms with Gasteiger partial charge in [-0.05, 0) is 46.7 Å². The molecule has 0 radical (unpaired) electrons. The predicted molar refractivity (Wildman–Crippen MR) is 113 cm³/mol. The zero-order valence-corrected chi connectivity index (χ0v) is 18.7. The van der Waals surface area contributed by atoms with Crippen molar-refractivity contribution in [3.8, 4) is 5.75 Å². The number of pyridine rings is 1. The van der Waals surface area contributed by atoms with Gasteiger partial charge in [0.15, 0.2) is 10.9 Å². The van der Waals surface area contributed by atoms with Gasteiger partial charge in [0.2, 0.25) is 0 Å². The number of carboxylic acids is 1. The van der Waals surface area contributed by atoms with Crippen molar-refractivity contribution in [3.63, 3.8) is 0 Å². The molecule has 2 heterocycles. The summed E-state index contributed by atoms with van der Waals surface area (Å²) in [6.07, 6.45) is 5.41. The van der Waals surface area contributed by atoms with Crippen LogP contribution in [0.5, 0.6) is 5.75 Å². The summed E-state index contributed by atoms with van der Waals surface area (Å²) in [5.41, 5.74) is 0.557. The highest BCUT2D eigenvalue weighted by molar-refractivity contribution is 14.1. The van der Waals surface area contributed by atoms with Gasteiger partial charge < -0.3 is 19.8 Å². The number of carbonyl (C=O) groups excluding carboxylic acids is 1. The molecular formula is C19H22ClIN2O5. The van der Waals surface area contributed by atoms with E-state index in [1.807, 2.05) is 18.7 Å². The average molecular weight is 521 g/mol. The van der Waals surface area contributed by atoms with Crippen LogP contribution in [0.3, 0.4) is 0 Å². The molecule has 0 saturated heterocycles. The third-order valence-electron chi connectivity index (χ3n) is 4.56. The molecule has 0 aromatic carbocycles. The molecule has 2 N–H and O–H groups in total. The fourth-order valence-corrected chi connectivity index (χ4v) is 3.87. The van der Waals surface area contributed by atoms with Crippen molar-refractivity contribution in [2.45, 2.75) is 33.2 Å². The standard InChI is InChI=1S/C19H22ClIN2O5/c1-11(24)28-10-19(2,3)15(23-6-4-12(5-7-23)18(26)27)9-13-8-14(25)16(20)22-17(13)21/h4-6,8,15,25H,7,9-10H2,1-3H3,(H,26,27). The number of carboxylic acid groups (broad SMARTS) is 1. The Morgan fingerprint density at radius 2 is 2.14 bits per heavy atom. The summed E-state index contributed by atoms with van der Waals surface area (Å²) in [6, 6.07) is 1.42. The van der Waals surface area contributed by atoms with Gasteiger partial charge in [0.1, 0.15) is 3.70 Å². The smallest absolute Gasteiger partial charge is 0.335 e. The Hall–Kier alpha value is -1.81. The minimum Gasteiger partial charge on any atom is -0.505 e. The van der Waals surface area contributed by atoms with Crippen molar-refractivity contribution >= 4 is 46.1 Å². The lowest BCUT2D eigenvalue weighted by Gasteiger charge is -2.42. The Labute approximate surface area is 182 Å². The van der Waals surface area contributed by atoms with E-state index < -0.39 is 11.4 Å². The average Bonchev–Trinajstić information content (AvgIpc) is 2.62. The number of hydrogen-bond acceptors (Lipinski definition) is 6. The quantitative estimate of drug-likeness (QED) is 0.323. The number of esters is 1. The second-order valence-corrected chi connectivity index (χ2v) is 8.59. The summed E-state index contributed by atoms with van der Waals surface area (Å²) in [5, 5.41) is 19.1. The van der Waals surface area contributed by atoms with E-state index in [1.54, 1.807) is 24.4 Å². The van der Waals surface area contributed by atoms with Crippen molar-refractivity contribution in [1.82, 2.24) is 9.88 Å². The molecule has 0 fully saturated rings. The minimum atomic E-state index is -0.979. The Bertz CT molecular complexity index is 838. The fourth-order valence-electron chi connectivity index (χ4n) is 2.98. The van der Waals surface area contributed by atoms with Crippen LogP contribution in [0.4, 0.5) is 0 Å². The first-order chi connectivity index (χ1) is 13.0. The first-order valence-electron chi connectivity index (χ1n) is 8.56. The monoisotopic (exact) mass is 520 g/mol. The zero-order valence-electron chi connectivity index (χ0n) is 15.8. The maximum atomic E-state index is 11.3. The lowest BCUT2D eigenvalue weighted by atomic mass is 9.80. The number of rotatable bonds is 7. The lowest BCUT2D eigenvalue weighted by Crippen LogP contribution is -2.47. The van der Waals surface area contributed by atoms with Crippen molar-refractivity contribution < 1.29 is 24.5 Å². The van der Waals surface area contributed by atoms with E-state index in [9.17, 15) is 14.7 Å². The molecule has 152 valence electrons. The number of aromatic hydroxyl groups is 1. The number of nitrogens with zero attached hydrogens (tertiary/aromatic N) is 2. The molecule has 28 heavy (non-hydrogen) atoms. The number of aliphatic carboxylic acids is 1. The number of hydrogen-bond donors (Lipinski definition) is 2.